The molecule has 1 unspecified atom stereocenters. The molecule has 1 aromatic heterocycles. The van der Waals surface area contributed by atoms with Gasteiger partial charge >= 0.3 is 6.18 Å². The van der Waals surface area contributed by atoms with Crippen molar-refractivity contribution in [3.05, 3.63) is 64.4 Å². The predicted octanol–water partition coefficient (Wildman–Crippen LogP) is 4.41. The highest BCUT2D eigenvalue weighted by Crippen LogP contribution is 2.30. The molecule has 0 aliphatic carbocycles. The maximum Gasteiger partial charge on any atom is 0.433 e. The second-order valence-electron chi connectivity index (χ2n) is 4.06. The molecule has 102 valence electrons. The fourth-order valence-corrected chi connectivity index (χ4v) is 1.86. The molecular weight excluding hydrogens is 289 g/mol. The van der Waals surface area contributed by atoms with Crippen LogP contribution in [0, 0.1) is 11.3 Å². The van der Waals surface area contributed by atoms with Crippen LogP contribution in [0.4, 0.5) is 13.2 Å². The van der Waals surface area contributed by atoms with E-state index in [1.54, 1.807) is 24.3 Å². The van der Waals surface area contributed by atoms with Gasteiger partial charge in [0.05, 0.1) is 11.8 Å². The molecule has 0 spiro atoms. The first-order chi connectivity index (χ1) is 9.41. The second-order valence-corrected chi connectivity index (χ2v) is 4.50. The van der Waals surface area contributed by atoms with Gasteiger partial charge < -0.3 is 0 Å². The number of alkyl halides is 3. The van der Waals surface area contributed by atoms with Gasteiger partial charge in [0.15, 0.2) is 0 Å². The predicted molar refractivity (Wildman–Crippen MR) is 68.1 cm³/mol. The third-order valence-corrected chi connectivity index (χ3v) is 2.94. The smallest absolute Gasteiger partial charge is 0.247 e. The second kappa shape index (κ2) is 5.51. The highest BCUT2D eigenvalue weighted by Gasteiger charge is 2.33. The molecule has 0 aliphatic heterocycles. The molecule has 0 fully saturated rings. The zero-order valence-electron chi connectivity index (χ0n) is 10.0. The summed E-state index contributed by atoms with van der Waals surface area (Å²) in [5.41, 5.74) is -0.405. The molecule has 0 saturated heterocycles. The Kier molecular flexibility index (Phi) is 3.96. The third-order valence-electron chi connectivity index (χ3n) is 2.69. The van der Waals surface area contributed by atoms with E-state index in [1.807, 2.05) is 6.07 Å². The van der Waals surface area contributed by atoms with Gasteiger partial charge in [-0.15, -0.1) is 0 Å². The van der Waals surface area contributed by atoms with Gasteiger partial charge in [0.2, 0.25) is 0 Å². The summed E-state index contributed by atoms with van der Waals surface area (Å²) >= 11 is 5.74. The van der Waals surface area contributed by atoms with Crippen LogP contribution in [0.25, 0.3) is 0 Å². The Bertz CT molecular complexity index is 645. The molecular formula is C14H8ClF3N2. The van der Waals surface area contributed by atoms with Crippen molar-refractivity contribution in [3.63, 3.8) is 0 Å². The number of rotatable bonds is 2. The monoisotopic (exact) mass is 296 g/mol. The molecule has 0 amide bonds. The Balaban J connectivity index is 2.43. The maximum atomic E-state index is 12.6. The summed E-state index contributed by atoms with van der Waals surface area (Å²) in [6, 6.07) is 11.8. The van der Waals surface area contributed by atoms with E-state index < -0.39 is 17.8 Å². The standard InChI is InChI=1S/C14H8ClF3N2/c15-10-6-4-9(5-7-10)11(8-19)12-2-1-3-13(20-12)14(16,17)18/h1-7,11H. The summed E-state index contributed by atoms with van der Waals surface area (Å²) in [5, 5.41) is 9.68. The lowest BCUT2D eigenvalue weighted by Gasteiger charge is -2.12. The van der Waals surface area contributed by atoms with E-state index in [4.69, 9.17) is 11.6 Å². The third kappa shape index (κ3) is 3.09. The molecule has 0 aliphatic rings. The summed E-state index contributed by atoms with van der Waals surface area (Å²) in [6.45, 7) is 0. The molecule has 0 saturated carbocycles. The van der Waals surface area contributed by atoms with Gasteiger partial charge in [-0.3, -0.25) is 0 Å². The summed E-state index contributed by atoms with van der Waals surface area (Å²) in [6.07, 6.45) is -4.53. The summed E-state index contributed by atoms with van der Waals surface area (Å²) in [4.78, 5) is 3.53. The molecule has 1 atom stereocenters. The van der Waals surface area contributed by atoms with E-state index in [0.717, 1.165) is 6.07 Å². The summed E-state index contributed by atoms with van der Waals surface area (Å²) in [7, 11) is 0. The van der Waals surface area contributed by atoms with Crippen LogP contribution >= 0.6 is 11.6 Å². The van der Waals surface area contributed by atoms with Crippen LogP contribution in [0.3, 0.4) is 0 Å². The Labute approximate surface area is 118 Å². The van der Waals surface area contributed by atoms with Crippen LogP contribution in [0.15, 0.2) is 42.5 Å². The summed E-state index contributed by atoms with van der Waals surface area (Å²) in [5.74, 6) is -0.866. The average molecular weight is 297 g/mol. The van der Waals surface area contributed by atoms with E-state index in [1.165, 1.54) is 12.1 Å². The largest absolute Gasteiger partial charge is 0.433 e. The van der Waals surface area contributed by atoms with Gasteiger partial charge in [-0.25, -0.2) is 4.98 Å². The van der Waals surface area contributed by atoms with E-state index in [9.17, 15) is 18.4 Å². The number of nitrogens with zero attached hydrogens (tertiary/aromatic N) is 2. The van der Waals surface area contributed by atoms with Crippen molar-refractivity contribution in [3.8, 4) is 6.07 Å². The zero-order valence-corrected chi connectivity index (χ0v) is 10.8. The molecule has 1 heterocycles. The number of pyridine rings is 1. The first-order valence-corrected chi connectivity index (χ1v) is 5.99. The van der Waals surface area contributed by atoms with Crippen molar-refractivity contribution < 1.29 is 13.2 Å². The Hall–Kier alpha value is -2.06. The van der Waals surface area contributed by atoms with Crippen molar-refractivity contribution in [2.24, 2.45) is 0 Å². The van der Waals surface area contributed by atoms with Crippen LogP contribution in [0.2, 0.25) is 5.02 Å². The molecule has 6 heteroatoms. The van der Waals surface area contributed by atoms with E-state index in [2.05, 4.69) is 4.98 Å². The molecule has 0 N–H and O–H groups in total. The quantitative estimate of drug-likeness (QED) is 0.823. The highest BCUT2D eigenvalue weighted by molar-refractivity contribution is 6.30. The highest BCUT2D eigenvalue weighted by atomic mass is 35.5. The maximum absolute atomic E-state index is 12.6. The van der Waals surface area contributed by atoms with Gasteiger partial charge in [-0.05, 0) is 29.8 Å². The van der Waals surface area contributed by atoms with Gasteiger partial charge in [0.1, 0.15) is 11.6 Å². The molecule has 2 rings (SSSR count). The lowest BCUT2D eigenvalue weighted by atomic mass is 9.96. The van der Waals surface area contributed by atoms with E-state index >= 15 is 0 Å². The molecule has 0 radical (unpaired) electrons. The van der Waals surface area contributed by atoms with Crippen molar-refractivity contribution in [1.29, 1.82) is 5.26 Å². The number of hydrogen-bond donors (Lipinski definition) is 0. The van der Waals surface area contributed by atoms with Crippen LogP contribution in [0.5, 0.6) is 0 Å². The fraction of sp³-hybridized carbons (Fsp3) is 0.143. The first-order valence-electron chi connectivity index (χ1n) is 5.61. The van der Waals surface area contributed by atoms with Crippen molar-refractivity contribution in [2.45, 2.75) is 12.1 Å². The number of aromatic nitrogens is 1. The number of benzene rings is 1. The molecule has 2 nitrogen and oxygen atoms in total. The molecule has 0 bridgehead atoms. The average Bonchev–Trinajstić information content (AvgIpc) is 2.41. The lowest BCUT2D eigenvalue weighted by molar-refractivity contribution is -0.141. The van der Waals surface area contributed by atoms with E-state index in [-0.39, 0.29) is 5.69 Å². The van der Waals surface area contributed by atoms with Crippen LogP contribution in [-0.2, 0) is 6.18 Å². The van der Waals surface area contributed by atoms with Crippen LogP contribution in [0.1, 0.15) is 22.9 Å². The van der Waals surface area contributed by atoms with Crippen LogP contribution in [-0.4, -0.2) is 4.98 Å². The number of halogens is 4. The normalized spacial score (nSPS) is 12.8. The zero-order chi connectivity index (χ0) is 14.8. The van der Waals surface area contributed by atoms with Crippen LogP contribution < -0.4 is 0 Å². The van der Waals surface area contributed by atoms with Gasteiger partial charge in [-0.1, -0.05) is 29.8 Å². The van der Waals surface area contributed by atoms with Gasteiger partial charge in [0, 0.05) is 5.02 Å². The van der Waals surface area contributed by atoms with Gasteiger partial charge in [0.25, 0.3) is 0 Å². The first kappa shape index (κ1) is 14.4. The number of nitriles is 1. The van der Waals surface area contributed by atoms with E-state index in [0.29, 0.717) is 10.6 Å². The molecule has 2 aromatic rings. The SMILES string of the molecule is N#CC(c1ccc(Cl)cc1)c1cccc(C(F)(F)F)n1. The van der Waals surface area contributed by atoms with Crippen molar-refractivity contribution in [1.82, 2.24) is 4.98 Å². The minimum atomic E-state index is -4.53. The van der Waals surface area contributed by atoms with Crippen molar-refractivity contribution in [2.75, 3.05) is 0 Å². The van der Waals surface area contributed by atoms with Crippen molar-refractivity contribution >= 4 is 11.6 Å². The summed E-state index contributed by atoms with van der Waals surface area (Å²) < 4.78 is 37.9. The lowest BCUT2D eigenvalue weighted by Crippen LogP contribution is -2.11. The number of hydrogen-bond acceptors (Lipinski definition) is 2. The van der Waals surface area contributed by atoms with Gasteiger partial charge in [-0.2, -0.15) is 18.4 Å². The fourth-order valence-electron chi connectivity index (χ4n) is 1.74. The topological polar surface area (TPSA) is 36.7 Å². The minimum absolute atomic E-state index is 0.0599. The molecule has 1 aromatic carbocycles. The minimum Gasteiger partial charge on any atom is -0.247 e. The Morgan fingerprint density at radius 1 is 1.10 bits per heavy atom. The molecule has 20 heavy (non-hydrogen) atoms. The Morgan fingerprint density at radius 2 is 1.75 bits per heavy atom. The Morgan fingerprint density at radius 3 is 2.30 bits per heavy atom.